The van der Waals surface area contributed by atoms with E-state index in [4.69, 9.17) is 0 Å². The molecule has 124 valence electrons. The van der Waals surface area contributed by atoms with Crippen LogP contribution in [0.3, 0.4) is 0 Å². The maximum absolute atomic E-state index is 4.61. The highest BCUT2D eigenvalue weighted by Crippen LogP contribution is 2.49. The minimum atomic E-state index is 0.302. The summed E-state index contributed by atoms with van der Waals surface area (Å²) in [5.41, 5.74) is 2.43. The van der Waals surface area contributed by atoms with Crippen molar-refractivity contribution in [2.75, 3.05) is 0 Å². The van der Waals surface area contributed by atoms with Gasteiger partial charge in [0.25, 0.3) is 0 Å². The van der Waals surface area contributed by atoms with Gasteiger partial charge in [0.1, 0.15) is 5.82 Å². The molecule has 1 fully saturated rings. The Balaban J connectivity index is 1.45. The molecule has 1 aliphatic rings. The second kappa shape index (κ2) is 5.55. The van der Waals surface area contributed by atoms with Gasteiger partial charge in [-0.15, -0.1) is 0 Å². The highest BCUT2D eigenvalue weighted by molar-refractivity contribution is 5.82. The van der Waals surface area contributed by atoms with E-state index in [-0.39, 0.29) is 0 Å². The van der Waals surface area contributed by atoms with Crippen LogP contribution in [-0.2, 0) is 13.1 Å². The second-order valence-corrected chi connectivity index (χ2v) is 6.99. The first-order chi connectivity index (χ1) is 12.3. The zero-order valence-electron chi connectivity index (χ0n) is 13.9. The molecule has 1 saturated carbocycles. The van der Waals surface area contributed by atoms with Crippen molar-refractivity contribution in [1.29, 1.82) is 0 Å². The Kier molecular flexibility index (Phi) is 3.20. The summed E-state index contributed by atoms with van der Waals surface area (Å²) in [5.74, 6) is 1.01. The van der Waals surface area contributed by atoms with Crippen molar-refractivity contribution in [3.63, 3.8) is 0 Å². The molecule has 0 amide bonds. The Labute approximate surface area is 146 Å². The number of aromatic nitrogens is 5. The van der Waals surface area contributed by atoms with E-state index in [0.717, 1.165) is 35.4 Å². The largest absolute Gasteiger partial charge is 0.330 e. The van der Waals surface area contributed by atoms with Gasteiger partial charge in [-0.1, -0.05) is 18.2 Å². The fraction of sp³-hybridized carbons (Fsp3) is 0.250. The molecule has 0 aliphatic heterocycles. The van der Waals surface area contributed by atoms with Gasteiger partial charge in [-0.2, -0.15) is 5.10 Å². The van der Waals surface area contributed by atoms with E-state index >= 15 is 0 Å². The Hall–Kier alpha value is -2.95. The molecule has 0 N–H and O–H groups in total. The van der Waals surface area contributed by atoms with E-state index in [1.807, 2.05) is 41.6 Å². The lowest BCUT2D eigenvalue weighted by molar-refractivity contribution is 0.346. The Morgan fingerprint density at radius 3 is 2.72 bits per heavy atom. The van der Waals surface area contributed by atoms with Gasteiger partial charge < -0.3 is 4.57 Å². The number of fused-ring (bicyclic) bond motifs is 1. The van der Waals surface area contributed by atoms with Crippen molar-refractivity contribution in [3.8, 4) is 11.4 Å². The summed E-state index contributed by atoms with van der Waals surface area (Å²) in [7, 11) is 0. The van der Waals surface area contributed by atoms with Crippen molar-refractivity contribution in [2.24, 2.45) is 5.41 Å². The molecular formula is C20H19N5. The van der Waals surface area contributed by atoms with Crippen LogP contribution in [0.1, 0.15) is 12.8 Å². The Morgan fingerprint density at radius 1 is 0.920 bits per heavy atom. The highest BCUT2D eigenvalue weighted by Gasteiger charge is 2.43. The van der Waals surface area contributed by atoms with Gasteiger partial charge in [-0.05, 0) is 31.0 Å². The van der Waals surface area contributed by atoms with E-state index in [1.54, 1.807) is 0 Å². The first-order valence-corrected chi connectivity index (χ1v) is 8.65. The quantitative estimate of drug-likeness (QED) is 0.560. The van der Waals surface area contributed by atoms with Crippen LogP contribution >= 0.6 is 0 Å². The molecule has 0 bridgehead atoms. The third kappa shape index (κ3) is 2.71. The number of rotatable bonds is 5. The monoisotopic (exact) mass is 329 g/mol. The fourth-order valence-corrected chi connectivity index (χ4v) is 3.54. The number of imidazole rings is 1. The van der Waals surface area contributed by atoms with Crippen LogP contribution in [-0.4, -0.2) is 24.3 Å². The van der Waals surface area contributed by atoms with E-state index in [0.29, 0.717) is 5.41 Å². The summed E-state index contributed by atoms with van der Waals surface area (Å²) in [6.45, 7) is 1.94. The fourth-order valence-electron chi connectivity index (χ4n) is 3.54. The molecule has 25 heavy (non-hydrogen) atoms. The molecule has 3 aromatic heterocycles. The van der Waals surface area contributed by atoms with Crippen molar-refractivity contribution in [1.82, 2.24) is 24.3 Å². The summed E-state index contributed by atoms with van der Waals surface area (Å²) in [4.78, 5) is 9.08. The van der Waals surface area contributed by atoms with Crippen LogP contribution in [0.2, 0.25) is 0 Å². The van der Waals surface area contributed by atoms with Crippen LogP contribution in [0.5, 0.6) is 0 Å². The van der Waals surface area contributed by atoms with Gasteiger partial charge in [-0.3, -0.25) is 9.67 Å². The van der Waals surface area contributed by atoms with Crippen molar-refractivity contribution < 1.29 is 0 Å². The lowest BCUT2D eigenvalue weighted by Crippen LogP contribution is -2.19. The average molecular weight is 329 g/mol. The lowest BCUT2D eigenvalue weighted by atomic mass is 10.1. The number of benzene rings is 1. The summed E-state index contributed by atoms with van der Waals surface area (Å²) in [6, 6.07) is 12.4. The van der Waals surface area contributed by atoms with Crippen LogP contribution in [0.25, 0.3) is 22.3 Å². The molecule has 5 heteroatoms. The normalized spacial score (nSPS) is 15.5. The first-order valence-electron chi connectivity index (χ1n) is 8.65. The summed E-state index contributed by atoms with van der Waals surface area (Å²) < 4.78 is 4.32. The summed E-state index contributed by atoms with van der Waals surface area (Å²) >= 11 is 0. The molecule has 5 rings (SSSR count). The molecular weight excluding hydrogens is 310 g/mol. The Morgan fingerprint density at radius 2 is 1.88 bits per heavy atom. The number of hydrogen-bond donors (Lipinski definition) is 0. The number of pyridine rings is 1. The standard InChI is InChI=1S/C20H19N5/c1-3-16-4-5-17(13-18(16)21-8-1)19-22-10-12-24(19)14-20(6-7-20)15-25-11-2-9-23-25/h1-5,8-13H,6-7,14-15H2. The molecule has 0 unspecified atom stereocenters. The van der Waals surface area contributed by atoms with Crippen LogP contribution in [0.4, 0.5) is 0 Å². The third-order valence-corrected chi connectivity index (χ3v) is 5.10. The van der Waals surface area contributed by atoms with Gasteiger partial charge in [0, 0.05) is 60.4 Å². The van der Waals surface area contributed by atoms with Crippen LogP contribution in [0.15, 0.2) is 67.4 Å². The minimum absolute atomic E-state index is 0.302. The van der Waals surface area contributed by atoms with Gasteiger partial charge >= 0.3 is 0 Å². The zero-order chi connectivity index (χ0) is 16.7. The summed E-state index contributed by atoms with van der Waals surface area (Å²) in [6.07, 6.45) is 12.2. The average Bonchev–Trinajstić information content (AvgIpc) is 3.01. The maximum atomic E-state index is 4.61. The minimum Gasteiger partial charge on any atom is -0.330 e. The van der Waals surface area contributed by atoms with E-state index in [2.05, 4.69) is 50.1 Å². The molecule has 1 aromatic carbocycles. The van der Waals surface area contributed by atoms with Crippen LogP contribution in [0, 0.1) is 5.41 Å². The second-order valence-electron chi connectivity index (χ2n) is 6.99. The summed E-state index contributed by atoms with van der Waals surface area (Å²) in [5, 5.41) is 5.52. The predicted molar refractivity (Wildman–Crippen MR) is 96.9 cm³/mol. The van der Waals surface area contributed by atoms with E-state index < -0.39 is 0 Å². The molecule has 1 aliphatic carbocycles. The van der Waals surface area contributed by atoms with E-state index in [1.165, 1.54) is 12.8 Å². The molecule has 3 heterocycles. The molecule has 0 radical (unpaired) electrons. The highest BCUT2D eigenvalue weighted by atomic mass is 15.3. The third-order valence-electron chi connectivity index (χ3n) is 5.10. The van der Waals surface area contributed by atoms with Gasteiger partial charge in [0.2, 0.25) is 0 Å². The topological polar surface area (TPSA) is 48.5 Å². The molecule has 5 nitrogen and oxygen atoms in total. The SMILES string of the molecule is c1cnc2cc(-c3nccn3CC3(Cn4cccn4)CC3)ccc2c1. The van der Waals surface area contributed by atoms with Crippen molar-refractivity contribution in [3.05, 3.63) is 67.4 Å². The molecule has 0 atom stereocenters. The number of nitrogens with zero attached hydrogens (tertiary/aromatic N) is 5. The zero-order valence-corrected chi connectivity index (χ0v) is 13.9. The van der Waals surface area contributed by atoms with Crippen molar-refractivity contribution >= 4 is 10.9 Å². The number of hydrogen-bond acceptors (Lipinski definition) is 3. The van der Waals surface area contributed by atoms with E-state index in [9.17, 15) is 0 Å². The van der Waals surface area contributed by atoms with Gasteiger partial charge in [-0.25, -0.2) is 4.98 Å². The van der Waals surface area contributed by atoms with Crippen molar-refractivity contribution in [2.45, 2.75) is 25.9 Å². The van der Waals surface area contributed by atoms with Gasteiger partial charge in [0.05, 0.1) is 5.52 Å². The molecule has 0 spiro atoms. The molecule has 0 saturated heterocycles. The lowest BCUT2D eigenvalue weighted by Gasteiger charge is -2.18. The predicted octanol–water partition coefficient (Wildman–Crippen LogP) is 3.78. The Bertz CT molecular complexity index is 1010. The first kappa shape index (κ1) is 14.4. The van der Waals surface area contributed by atoms with Gasteiger partial charge in [0.15, 0.2) is 0 Å². The maximum Gasteiger partial charge on any atom is 0.139 e. The smallest absolute Gasteiger partial charge is 0.139 e. The van der Waals surface area contributed by atoms with Crippen LogP contribution < -0.4 is 0 Å². The molecule has 4 aromatic rings.